The number of pyridine rings is 1. The van der Waals surface area contributed by atoms with Crippen molar-refractivity contribution in [3.8, 4) is 29.2 Å². The number of benzene rings is 2. The topological polar surface area (TPSA) is 115 Å². The van der Waals surface area contributed by atoms with Crippen LogP contribution >= 0.6 is 0 Å². The second-order valence-corrected chi connectivity index (χ2v) is 7.63. The second kappa shape index (κ2) is 10.4. The number of fused-ring (bicyclic) bond motifs is 1. The van der Waals surface area contributed by atoms with E-state index in [9.17, 15) is 14.9 Å². The molecule has 0 bridgehead atoms. The lowest BCUT2D eigenvalue weighted by Crippen LogP contribution is -2.20. The number of carbonyl (C=O) groups is 1. The molecule has 0 spiro atoms. The third-order valence-electron chi connectivity index (χ3n) is 5.33. The molecule has 0 radical (unpaired) electrons. The largest absolute Gasteiger partial charge is 0.497 e. The molecule has 0 fully saturated rings. The number of rotatable bonds is 7. The summed E-state index contributed by atoms with van der Waals surface area (Å²) in [4.78, 5) is 30.9. The molecule has 0 unspecified atom stereocenters. The number of aryl methyl sites for hydroxylation is 1. The van der Waals surface area contributed by atoms with Gasteiger partial charge in [0, 0.05) is 11.9 Å². The number of hydrogen-bond acceptors (Lipinski definition) is 7. The van der Waals surface area contributed by atoms with Gasteiger partial charge in [0.1, 0.15) is 28.6 Å². The van der Waals surface area contributed by atoms with Crippen LogP contribution in [0, 0.1) is 18.3 Å². The van der Waals surface area contributed by atoms with Gasteiger partial charge in [-0.1, -0.05) is 18.2 Å². The number of aromatic nitrogens is 2. The highest BCUT2D eigenvalue weighted by Crippen LogP contribution is 2.32. The highest BCUT2D eigenvalue weighted by atomic mass is 16.5. The molecule has 2 aromatic carbocycles. The molecular formula is C27H22N4O5. The van der Waals surface area contributed by atoms with Gasteiger partial charge < -0.3 is 19.5 Å². The molecule has 0 saturated heterocycles. The predicted molar refractivity (Wildman–Crippen MR) is 134 cm³/mol. The van der Waals surface area contributed by atoms with Crippen LogP contribution < -0.4 is 25.1 Å². The summed E-state index contributed by atoms with van der Waals surface area (Å²) >= 11 is 0. The van der Waals surface area contributed by atoms with Crippen molar-refractivity contribution in [2.24, 2.45) is 0 Å². The summed E-state index contributed by atoms with van der Waals surface area (Å²) in [7, 11) is 3.03. The molecule has 0 aliphatic heterocycles. The third-order valence-corrected chi connectivity index (χ3v) is 5.33. The quantitative estimate of drug-likeness (QED) is 0.307. The van der Waals surface area contributed by atoms with Crippen LogP contribution in [0.15, 0.2) is 77.2 Å². The van der Waals surface area contributed by atoms with Gasteiger partial charge in [0.15, 0.2) is 11.5 Å². The Morgan fingerprint density at radius 1 is 1.03 bits per heavy atom. The third kappa shape index (κ3) is 4.88. The number of nitrogens with one attached hydrogen (secondary N) is 1. The normalized spacial score (nSPS) is 11.0. The Morgan fingerprint density at radius 2 is 1.75 bits per heavy atom. The van der Waals surface area contributed by atoms with Gasteiger partial charge in [-0.15, -0.1) is 0 Å². The maximum Gasteiger partial charge on any atom is 0.269 e. The van der Waals surface area contributed by atoms with Crippen LogP contribution in [-0.2, 0) is 4.79 Å². The SMILES string of the molecule is COc1ccc(NC(=O)C(C#N)=Cc2c(Oc3ccccc3OC)nc3c(C)cccn3c2=O)cc1. The van der Waals surface area contributed by atoms with Crippen LogP contribution in [0.3, 0.4) is 0 Å². The molecule has 9 nitrogen and oxygen atoms in total. The zero-order chi connectivity index (χ0) is 25.7. The van der Waals surface area contributed by atoms with Crippen molar-refractivity contribution in [3.63, 3.8) is 0 Å². The standard InChI is InChI=1S/C27H22N4O5/c1-17-7-6-14-31-24(17)30-26(36-23-9-5-4-8-22(23)35-3)21(27(31)33)15-18(16-28)25(32)29-19-10-12-20(34-2)13-11-19/h4-15H,1-3H3,(H,29,32). The first-order valence-corrected chi connectivity index (χ1v) is 10.8. The van der Waals surface area contributed by atoms with E-state index in [1.54, 1.807) is 60.8 Å². The number of nitriles is 1. The van der Waals surface area contributed by atoms with Crippen LogP contribution in [0.4, 0.5) is 5.69 Å². The van der Waals surface area contributed by atoms with Crippen LogP contribution in [0.2, 0.25) is 0 Å². The van der Waals surface area contributed by atoms with E-state index in [0.717, 1.165) is 5.56 Å². The summed E-state index contributed by atoms with van der Waals surface area (Å²) in [5.41, 5.74) is 0.709. The van der Waals surface area contributed by atoms with E-state index in [-0.39, 0.29) is 17.0 Å². The van der Waals surface area contributed by atoms with Gasteiger partial charge in [-0.2, -0.15) is 10.2 Å². The molecule has 0 aliphatic carbocycles. The van der Waals surface area contributed by atoms with Crippen LogP contribution in [0.5, 0.6) is 23.1 Å². The molecule has 36 heavy (non-hydrogen) atoms. The average molecular weight is 482 g/mol. The summed E-state index contributed by atoms with van der Waals surface area (Å²) in [5, 5.41) is 12.4. The van der Waals surface area contributed by atoms with Gasteiger partial charge in [0.05, 0.1) is 14.2 Å². The minimum atomic E-state index is -0.695. The van der Waals surface area contributed by atoms with Crippen LogP contribution in [0.1, 0.15) is 11.1 Å². The summed E-state index contributed by atoms with van der Waals surface area (Å²) in [6.07, 6.45) is 2.74. The van der Waals surface area contributed by atoms with Gasteiger partial charge in [-0.05, 0) is 61.0 Å². The fraction of sp³-hybridized carbons (Fsp3) is 0.111. The van der Waals surface area contributed by atoms with E-state index in [1.807, 2.05) is 19.1 Å². The maximum absolute atomic E-state index is 13.5. The Labute approximate surface area is 206 Å². The van der Waals surface area contributed by atoms with Gasteiger partial charge in [-0.25, -0.2) is 0 Å². The Bertz CT molecular complexity index is 1570. The monoisotopic (exact) mass is 482 g/mol. The number of nitrogens with zero attached hydrogens (tertiary/aromatic N) is 3. The summed E-state index contributed by atoms with van der Waals surface area (Å²) in [6, 6.07) is 18.9. The zero-order valence-electron chi connectivity index (χ0n) is 19.8. The van der Waals surface area contributed by atoms with Crippen molar-refractivity contribution in [1.29, 1.82) is 5.26 Å². The number of hydrogen-bond donors (Lipinski definition) is 1. The first-order chi connectivity index (χ1) is 17.4. The van der Waals surface area contributed by atoms with Crippen molar-refractivity contribution in [2.75, 3.05) is 19.5 Å². The predicted octanol–water partition coefficient (Wildman–Crippen LogP) is 4.36. The zero-order valence-corrected chi connectivity index (χ0v) is 19.8. The average Bonchev–Trinajstić information content (AvgIpc) is 2.90. The first-order valence-electron chi connectivity index (χ1n) is 10.8. The van der Waals surface area contributed by atoms with E-state index < -0.39 is 11.5 Å². The number of ether oxygens (including phenoxy) is 3. The molecule has 1 N–H and O–H groups in total. The van der Waals surface area contributed by atoms with Gasteiger partial charge in [0.25, 0.3) is 11.5 Å². The fourth-order valence-corrected chi connectivity index (χ4v) is 3.47. The van der Waals surface area contributed by atoms with Gasteiger partial charge in [0.2, 0.25) is 5.88 Å². The maximum atomic E-state index is 13.5. The highest BCUT2D eigenvalue weighted by Gasteiger charge is 2.19. The van der Waals surface area contributed by atoms with Crippen LogP contribution in [0.25, 0.3) is 11.7 Å². The Morgan fingerprint density at radius 3 is 2.42 bits per heavy atom. The summed E-state index contributed by atoms with van der Waals surface area (Å²) in [6.45, 7) is 1.81. The number of methoxy groups -OCH3 is 2. The van der Waals surface area contributed by atoms with E-state index >= 15 is 0 Å². The molecule has 2 heterocycles. The van der Waals surface area contributed by atoms with E-state index in [2.05, 4.69) is 10.3 Å². The smallest absolute Gasteiger partial charge is 0.269 e. The summed E-state index contributed by atoms with van der Waals surface area (Å²) < 4.78 is 17.8. The molecule has 9 heteroatoms. The number of anilines is 1. The molecule has 0 atom stereocenters. The lowest BCUT2D eigenvalue weighted by Gasteiger charge is -2.13. The molecule has 2 aromatic heterocycles. The lowest BCUT2D eigenvalue weighted by atomic mass is 10.1. The Hall–Kier alpha value is -5.10. The van der Waals surface area contributed by atoms with E-state index in [0.29, 0.717) is 28.6 Å². The Balaban J connectivity index is 1.82. The van der Waals surface area contributed by atoms with E-state index in [4.69, 9.17) is 14.2 Å². The minimum absolute atomic E-state index is 0.0644. The molecule has 4 aromatic rings. The molecule has 180 valence electrons. The second-order valence-electron chi connectivity index (χ2n) is 7.63. The van der Waals surface area contributed by atoms with E-state index in [1.165, 1.54) is 24.7 Å². The number of para-hydroxylation sites is 2. The van der Waals surface area contributed by atoms with Crippen molar-refractivity contribution >= 4 is 23.3 Å². The molecule has 4 rings (SSSR count). The molecule has 0 saturated carbocycles. The molecular weight excluding hydrogens is 460 g/mol. The molecule has 0 aliphatic rings. The van der Waals surface area contributed by atoms with Crippen molar-refractivity contribution in [2.45, 2.75) is 6.92 Å². The number of carbonyl (C=O) groups excluding carboxylic acids is 1. The minimum Gasteiger partial charge on any atom is -0.497 e. The first kappa shape index (κ1) is 24.0. The lowest BCUT2D eigenvalue weighted by molar-refractivity contribution is -0.112. The van der Waals surface area contributed by atoms with Gasteiger partial charge in [-0.3, -0.25) is 14.0 Å². The molecule has 1 amide bonds. The Kier molecular flexibility index (Phi) is 6.97. The van der Waals surface area contributed by atoms with Crippen molar-refractivity contribution < 1.29 is 19.0 Å². The van der Waals surface area contributed by atoms with Crippen LogP contribution in [-0.4, -0.2) is 29.5 Å². The van der Waals surface area contributed by atoms with Crippen molar-refractivity contribution in [3.05, 3.63) is 93.9 Å². The number of amides is 1. The van der Waals surface area contributed by atoms with Crippen molar-refractivity contribution in [1.82, 2.24) is 9.38 Å². The summed E-state index contributed by atoms with van der Waals surface area (Å²) in [5.74, 6) is 0.605. The van der Waals surface area contributed by atoms with Gasteiger partial charge >= 0.3 is 0 Å². The fourth-order valence-electron chi connectivity index (χ4n) is 3.47. The highest BCUT2D eigenvalue weighted by molar-refractivity contribution is 6.09.